The van der Waals surface area contributed by atoms with Gasteiger partial charge < -0.3 is 14.5 Å². The zero-order chi connectivity index (χ0) is 22.1. The van der Waals surface area contributed by atoms with E-state index in [0.29, 0.717) is 17.8 Å². The summed E-state index contributed by atoms with van der Waals surface area (Å²) in [6.45, 7) is 2.37. The quantitative estimate of drug-likeness (QED) is 0.672. The van der Waals surface area contributed by atoms with Gasteiger partial charge in [0.05, 0.1) is 12.6 Å². The minimum Gasteiger partial charge on any atom is -0.474 e. The van der Waals surface area contributed by atoms with Crippen LogP contribution in [0, 0.1) is 5.82 Å². The van der Waals surface area contributed by atoms with Gasteiger partial charge in [-0.3, -0.25) is 9.59 Å². The molecule has 0 unspecified atom stereocenters. The van der Waals surface area contributed by atoms with E-state index in [1.807, 2.05) is 6.92 Å². The number of benzene rings is 1. The maximum absolute atomic E-state index is 13.7. The summed E-state index contributed by atoms with van der Waals surface area (Å²) >= 11 is 5.80. The van der Waals surface area contributed by atoms with Crippen LogP contribution in [0.4, 0.5) is 14.5 Å². The number of aromatic nitrogens is 1. The molecule has 1 aromatic carbocycles. The molecule has 2 aliphatic rings. The highest BCUT2D eigenvalue weighted by atomic mass is 35.5. The van der Waals surface area contributed by atoms with Crippen LogP contribution in [0.5, 0.6) is 5.88 Å². The summed E-state index contributed by atoms with van der Waals surface area (Å²) in [5.41, 5.74) is 1.89. The second kappa shape index (κ2) is 8.78. The summed E-state index contributed by atoms with van der Waals surface area (Å²) in [6, 6.07) is 7.36. The second-order valence-electron chi connectivity index (χ2n) is 7.82. The van der Waals surface area contributed by atoms with Gasteiger partial charge in [0.2, 0.25) is 11.8 Å². The number of anilines is 1. The van der Waals surface area contributed by atoms with E-state index in [0.717, 1.165) is 5.56 Å². The topological polar surface area (TPSA) is 62.7 Å². The Labute approximate surface area is 183 Å². The zero-order valence-electron chi connectivity index (χ0n) is 17.0. The van der Waals surface area contributed by atoms with Gasteiger partial charge in [-0.25, -0.2) is 13.8 Å². The number of likely N-dealkylation sites (tertiary alicyclic amines) is 1. The Hall–Kier alpha value is -2.74. The number of amides is 2. The first-order chi connectivity index (χ1) is 14.9. The minimum atomic E-state index is -1.06. The van der Waals surface area contributed by atoms with Gasteiger partial charge in [0.25, 0.3) is 5.91 Å². The number of hydrogen-bond donors (Lipinski definition) is 0. The fourth-order valence-electron chi connectivity index (χ4n) is 3.95. The average Bonchev–Trinajstić information content (AvgIpc) is 3.20. The summed E-state index contributed by atoms with van der Waals surface area (Å²) in [7, 11) is 0. The Morgan fingerprint density at radius 2 is 2.03 bits per heavy atom. The molecule has 9 heteroatoms. The molecule has 0 aliphatic carbocycles. The molecule has 0 saturated carbocycles. The van der Waals surface area contributed by atoms with Gasteiger partial charge in [-0.15, -0.1) is 11.6 Å². The second-order valence-corrected chi connectivity index (χ2v) is 8.09. The molecule has 0 bridgehead atoms. The molecule has 4 rings (SSSR count). The number of nitrogens with zero attached hydrogens (tertiary/aromatic N) is 3. The van der Waals surface area contributed by atoms with E-state index >= 15 is 0 Å². The van der Waals surface area contributed by atoms with Crippen molar-refractivity contribution < 1.29 is 23.1 Å². The summed E-state index contributed by atoms with van der Waals surface area (Å²) < 4.78 is 32.8. The molecule has 1 fully saturated rings. The molecular weight excluding hydrogens is 428 g/mol. The summed E-state index contributed by atoms with van der Waals surface area (Å²) in [5.74, 6) is -1.09. The lowest BCUT2D eigenvalue weighted by molar-refractivity contribution is -0.117. The standard InChI is InChI=1S/C22H22ClF2N3O3/c1-13-12-31-21-18(28(13)19(29)10-23)9-15(8-14-2-4-16(24)5-3-14)20(26-21)22(30)27-7-6-17(25)11-27/h2-5,9,13,17H,6-8,10-12H2,1H3/t13-,17+/m0/s1. The average molecular weight is 450 g/mol. The van der Waals surface area contributed by atoms with Gasteiger partial charge in [0.15, 0.2) is 0 Å². The van der Waals surface area contributed by atoms with Crippen LogP contribution >= 0.6 is 11.6 Å². The molecule has 0 spiro atoms. The number of ether oxygens (including phenoxy) is 1. The third kappa shape index (κ3) is 4.35. The van der Waals surface area contributed by atoms with Crippen molar-refractivity contribution in [3.63, 3.8) is 0 Å². The van der Waals surface area contributed by atoms with E-state index in [1.54, 1.807) is 18.2 Å². The van der Waals surface area contributed by atoms with Crippen molar-refractivity contribution >= 4 is 29.1 Å². The van der Waals surface area contributed by atoms with E-state index in [-0.39, 0.29) is 61.2 Å². The van der Waals surface area contributed by atoms with E-state index in [1.165, 1.54) is 21.9 Å². The Morgan fingerprint density at radius 1 is 1.29 bits per heavy atom. The van der Waals surface area contributed by atoms with Gasteiger partial charge in [-0.1, -0.05) is 12.1 Å². The molecule has 2 amide bonds. The number of carbonyl (C=O) groups is 2. The van der Waals surface area contributed by atoms with Gasteiger partial charge >= 0.3 is 0 Å². The Morgan fingerprint density at radius 3 is 2.68 bits per heavy atom. The van der Waals surface area contributed by atoms with Gasteiger partial charge in [0.1, 0.15) is 35.9 Å². The molecule has 1 saturated heterocycles. The van der Waals surface area contributed by atoms with Crippen LogP contribution in [0.1, 0.15) is 35.0 Å². The predicted octanol–water partition coefficient (Wildman–Crippen LogP) is 3.35. The number of rotatable bonds is 4. The van der Waals surface area contributed by atoms with Crippen LogP contribution in [-0.4, -0.2) is 59.5 Å². The van der Waals surface area contributed by atoms with Crippen molar-refractivity contribution in [1.29, 1.82) is 0 Å². The molecule has 3 heterocycles. The fourth-order valence-corrected chi connectivity index (χ4v) is 4.08. The number of hydrogen-bond acceptors (Lipinski definition) is 4. The van der Waals surface area contributed by atoms with Crippen LogP contribution in [0.25, 0.3) is 0 Å². The molecule has 2 aromatic rings. The summed E-state index contributed by atoms with van der Waals surface area (Å²) in [6.07, 6.45) is -0.488. The predicted molar refractivity (Wildman–Crippen MR) is 112 cm³/mol. The lowest BCUT2D eigenvalue weighted by Gasteiger charge is -2.34. The maximum Gasteiger partial charge on any atom is 0.273 e. The van der Waals surface area contributed by atoms with Crippen molar-refractivity contribution in [1.82, 2.24) is 9.88 Å². The first kappa shape index (κ1) is 21.5. The molecule has 6 nitrogen and oxygen atoms in total. The maximum atomic E-state index is 13.7. The number of pyridine rings is 1. The largest absolute Gasteiger partial charge is 0.474 e. The third-order valence-corrected chi connectivity index (χ3v) is 5.75. The van der Waals surface area contributed by atoms with Crippen LogP contribution in [0.2, 0.25) is 0 Å². The summed E-state index contributed by atoms with van der Waals surface area (Å²) in [4.78, 5) is 33.0. The van der Waals surface area contributed by atoms with E-state index < -0.39 is 12.1 Å². The van der Waals surface area contributed by atoms with Crippen LogP contribution < -0.4 is 9.64 Å². The van der Waals surface area contributed by atoms with Crippen molar-refractivity contribution in [2.24, 2.45) is 0 Å². The lowest BCUT2D eigenvalue weighted by atomic mass is 10.0. The van der Waals surface area contributed by atoms with Crippen molar-refractivity contribution in [2.45, 2.75) is 32.0 Å². The first-order valence-corrected chi connectivity index (χ1v) is 10.6. The Balaban J connectivity index is 1.78. The summed E-state index contributed by atoms with van der Waals surface area (Å²) in [5, 5.41) is 0. The smallest absolute Gasteiger partial charge is 0.273 e. The first-order valence-electron chi connectivity index (χ1n) is 10.1. The van der Waals surface area contributed by atoms with Crippen molar-refractivity contribution in [3.05, 3.63) is 53.0 Å². The number of carbonyl (C=O) groups excluding carboxylic acids is 2. The molecule has 1 aromatic heterocycles. The van der Waals surface area contributed by atoms with Crippen molar-refractivity contribution in [3.8, 4) is 5.88 Å². The zero-order valence-corrected chi connectivity index (χ0v) is 17.7. The normalized spacial score (nSPS) is 20.4. The van der Waals surface area contributed by atoms with E-state index in [9.17, 15) is 18.4 Å². The van der Waals surface area contributed by atoms with Gasteiger partial charge in [0, 0.05) is 6.54 Å². The number of fused-ring (bicyclic) bond motifs is 1. The monoisotopic (exact) mass is 449 g/mol. The van der Waals surface area contributed by atoms with Gasteiger partial charge in [-0.05, 0) is 49.1 Å². The Kier molecular flexibility index (Phi) is 6.09. The number of halogens is 3. The molecular formula is C22H22ClF2N3O3. The molecule has 2 atom stereocenters. The highest BCUT2D eigenvalue weighted by molar-refractivity contribution is 6.29. The molecule has 164 valence electrons. The molecule has 31 heavy (non-hydrogen) atoms. The lowest BCUT2D eigenvalue weighted by Crippen LogP contribution is -2.46. The highest BCUT2D eigenvalue weighted by Crippen LogP contribution is 2.35. The van der Waals surface area contributed by atoms with E-state index in [2.05, 4.69) is 4.98 Å². The molecule has 2 aliphatic heterocycles. The number of alkyl halides is 2. The molecule has 0 N–H and O–H groups in total. The fraction of sp³-hybridized carbons (Fsp3) is 0.409. The highest BCUT2D eigenvalue weighted by Gasteiger charge is 2.34. The van der Waals surface area contributed by atoms with Crippen LogP contribution in [0.3, 0.4) is 0 Å². The van der Waals surface area contributed by atoms with Crippen LogP contribution in [-0.2, 0) is 11.2 Å². The molecule has 0 radical (unpaired) electrons. The Bertz CT molecular complexity index is 1000. The third-order valence-electron chi connectivity index (χ3n) is 5.52. The SMILES string of the molecule is C[C@H]1COc2nc(C(=O)N3CC[C@@H](F)C3)c(Cc3ccc(F)cc3)cc2N1C(=O)CCl. The van der Waals surface area contributed by atoms with Crippen LogP contribution in [0.15, 0.2) is 30.3 Å². The van der Waals surface area contributed by atoms with Crippen molar-refractivity contribution in [2.75, 3.05) is 30.5 Å². The van der Waals surface area contributed by atoms with E-state index in [4.69, 9.17) is 16.3 Å². The van der Waals surface area contributed by atoms with Gasteiger partial charge in [-0.2, -0.15) is 0 Å². The minimum absolute atomic E-state index is 0.0162.